The van der Waals surface area contributed by atoms with Crippen molar-refractivity contribution in [1.82, 2.24) is 19.6 Å². The van der Waals surface area contributed by atoms with Crippen LogP contribution < -0.4 is 14.8 Å². The summed E-state index contributed by atoms with van der Waals surface area (Å²) in [5.41, 5.74) is 2.24. The number of amides is 1. The molecule has 3 heterocycles. The molecule has 1 N–H and O–H groups in total. The summed E-state index contributed by atoms with van der Waals surface area (Å²) >= 11 is 0. The SMILES string of the molecule is CCOc1ncccc1-c1ccc2nc(NC(=O)COc3ccc(F)cc3)nn2c1. The van der Waals surface area contributed by atoms with E-state index in [1.54, 1.807) is 23.0 Å². The maximum atomic E-state index is 12.9. The number of rotatable bonds is 7. The summed E-state index contributed by atoms with van der Waals surface area (Å²) in [7, 11) is 0. The second-order valence-electron chi connectivity index (χ2n) is 6.24. The molecule has 0 saturated carbocycles. The van der Waals surface area contributed by atoms with Crippen molar-refractivity contribution in [3.05, 3.63) is 66.7 Å². The van der Waals surface area contributed by atoms with Crippen molar-refractivity contribution in [2.24, 2.45) is 0 Å². The summed E-state index contributed by atoms with van der Waals surface area (Å²) in [6, 6.07) is 12.8. The second kappa shape index (κ2) is 8.56. The van der Waals surface area contributed by atoms with Crippen LogP contribution in [0.3, 0.4) is 0 Å². The minimum Gasteiger partial charge on any atom is -0.484 e. The molecule has 0 spiro atoms. The lowest BCUT2D eigenvalue weighted by Crippen LogP contribution is -2.20. The van der Waals surface area contributed by atoms with E-state index in [2.05, 4.69) is 20.4 Å². The lowest BCUT2D eigenvalue weighted by molar-refractivity contribution is -0.118. The van der Waals surface area contributed by atoms with Crippen LogP contribution in [0.4, 0.5) is 10.3 Å². The number of hydrogen-bond donors (Lipinski definition) is 1. The molecule has 0 fully saturated rings. The predicted octanol–water partition coefficient (Wildman–Crippen LogP) is 3.35. The predicted molar refractivity (Wildman–Crippen MR) is 108 cm³/mol. The molecule has 8 nitrogen and oxygen atoms in total. The van der Waals surface area contributed by atoms with E-state index in [4.69, 9.17) is 9.47 Å². The molecule has 0 aliphatic carbocycles. The van der Waals surface area contributed by atoms with Gasteiger partial charge in [0.2, 0.25) is 11.8 Å². The Morgan fingerprint density at radius 2 is 1.97 bits per heavy atom. The van der Waals surface area contributed by atoms with Crippen LogP contribution in [0, 0.1) is 5.82 Å². The number of pyridine rings is 2. The van der Waals surface area contributed by atoms with E-state index in [-0.39, 0.29) is 18.4 Å². The molecule has 1 aromatic carbocycles. The summed E-state index contributed by atoms with van der Waals surface area (Å²) in [5, 5.41) is 6.87. The van der Waals surface area contributed by atoms with Gasteiger partial charge >= 0.3 is 0 Å². The Bertz CT molecular complexity index is 1180. The molecule has 4 aromatic rings. The molecular weight excluding hydrogens is 389 g/mol. The summed E-state index contributed by atoms with van der Waals surface area (Å²) in [5.74, 6) is 0.267. The summed E-state index contributed by atoms with van der Waals surface area (Å²) in [6.07, 6.45) is 3.46. The van der Waals surface area contributed by atoms with Crippen LogP contribution in [-0.2, 0) is 4.79 Å². The minimum absolute atomic E-state index is 0.149. The fourth-order valence-corrected chi connectivity index (χ4v) is 2.80. The van der Waals surface area contributed by atoms with E-state index in [0.717, 1.165) is 11.1 Å². The summed E-state index contributed by atoms with van der Waals surface area (Å²) < 4.78 is 25.4. The van der Waals surface area contributed by atoms with Crippen molar-refractivity contribution in [1.29, 1.82) is 0 Å². The van der Waals surface area contributed by atoms with E-state index in [1.165, 1.54) is 24.3 Å². The number of benzene rings is 1. The zero-order valence-electron chi connectivity index (χ0n) is 16.1. The van der Waals surface area contributed by atoms with Gasteiger partial charge < -0.3 is 9.47 Å². The summed E-state index contributed by atoms with van der Waals surface area (Å²) in [4.78, 5) is 20.7. The second-order valence-corrected chi connectivity index (χ2v) is 6.24. The van der Waals surface area contributed by atoms with E-state index < -0.39 is 5.91 Å². The highest BCUT2D eigenvalue weighted by Gasteiger charge is 2.12. The zero-order valence-corrected chi connectivity index (χ0v) is 16.1. The fourth-order valence-electron chi connectivity index (χ4n) is 2.80. The quantitative estimate of drug-likeness (QED) is 0.505. The van der Waals surface area contributed by atoms with Crippen LogP contribution in [0.25, 0.3) is 16.8 Å². The average Bonchev–Trinajstić information content (AvgIpc) is 3.15. The Balaban J connectivity index is 1.47. The van der Waals surface area contributed by atoms with Crippen molar-refractivity contribution >= 4 is 17.5 Å². The third-order valence-electron chi connectivity index (χ3n) is 4.13. The molecule has 1 amide bonds. The molecule has 152 valence electrons. The van der Waals surface area contributed by atoms with Crippen molar-refractivity contribution in [3.63, 3.8) is 0 Å². The topological polar surface area (TPSA) is 90.6 Å². The summed E-state index contributed by atoms with van der Waals surface area (Å²) in [6.45, 7) is 2.15. The third kappa shape index (κ3) is 4.35. The van der Waals surface area contributed by atoms with Crippen LogP contribution in [-0.4, -0.2) is 38.7 Å². The van der Waals surface area contributed by atoms with Crippen LogP contribution in [0.2, 0.25) is 0 Å². The lowest BCUT2D eigenvalue weighted by atomic mass is 10.1. The van der Waals surface area contributed by atoms with E-state index in [1.807, 2.05) is 25.1 Å². The normalized spacial score (nSPS) is 10.7. The highest BCUT2D eigenvalue weighted by molar-refractivity contribution is 5.90. The Morgan fingerprint density at radius 3 is 2.77 bits per heavy atom. The monoisotopic (exact) mass is 407 g/mol. The molecule has 0 bridgehead atoms. The van der Waals surface area contributed by atoms with E-state index in [9.17, 15) is 9.18 Å². The van der Waals surface area contributed by atoms with Gasteiger partial charge in [-0.1, -0.05) is 0 Å². The molecule has 4 rings (SSSR count). The first kappa shape index (κ1) is 19.3. The Kier molecular flexibility index (Phi) is 5.51. The number of carbonyl (C=O) groups is 1. The molecule has 0 unspecified atom stereocenters. The number of nitrogens with zero attached hydrogens (tertiary/aromatic N) is 4. The first-order valence-electron chi connectivity index (χ1n) is 9.25. The van der Waals surface area contributed by atoms with Crippen LogP contribution in [0.1, 0.15) is 6.92 Å². The van der Waals surface area contributed by atoms with Gasteiger partial charge in [-0.25, -0.2) is 13.9 Å². The zero-order chi connectivity index (χ0) is 20.9. The fraction of sp³-hybridized carbons (Fsp3) is 0.143. The van der Waals surface area contributed by atoms with Gasteiger partial charge in [-0.15, -0.1) is 5.10 Å². The highest BCUT2D eigenvalue weighted by atomic mass is 19.1. The lowest BCUT2D eigenvalue weighted by Gasteiger charge is -2.08. The van der Waals surface area contributed by atoms with Gasteiger partial charge in [0.05, 0.1) is 6.61 Å². The van der Waals surface area contributed by atoms with Crippen molar-refractivity contribution in [3.8, 4) is 22.8 Å². The van der Waals surface area contributed by atoms with Gasteiger partial charge in [-0.2, -0.15) is 4.98 Å². The van der Waals surface area contributed by atoms with Crippen molar-refractivity contribution < 1.29 is 18.7 Å². The molecule has 0 radical (unpaired) electrons. The van der Waals surface area contributed by atoms with Gasteiger partial charge in [0.15, 0.2) is 12.3 Å². The number of aromatic nitrogens is 4. The Morgan fingerprint density at radius 1 is 1.13 bits per heavy atom. The number of carbonyl (C=O) groups excluding carboxylic acids is 1. The van der Waals surface area contributed by atoms with E-state index >= 15 is 0 Å². The molecular formula is C21H18FN5O3. The van der Waals surface area contributed by atoms with Crippen molar-refractivity contribution in [2.45, 2.75) is 6.92 Å². The maximum absolute atomic E-state index is 12.9. The Labute approximate surface area is 171 Å². The number of nitrogens with one attached hydrogen (secondary N) is 1. The van der Waals surface area contributed by atoms with Gasteiger partial charge in [0.25, 0.3) is 5.91 Å². The molecule has 0 saturated heterocycles. The molecule has 3 aromatic heterocycles. The Hall–Kier alpha value is -4.01. The van der Waals surface area contributed by atoms with Crippen LogP contribution in [0.15, 0.2) is 60.9 Å². The number of fused-ring (bicyclic) bond motifs is 1. The van der Waals surface area contributed by atoms with Crippen LogP contribution >= 0.6 is 0 Å². The smallest absolute Gasteiger partial charge is 0.264 e. The number of hydrogen-bond acceptors (Lipinski definition) is 6. The minimum atomic E-state index is -0.429. The maximum Gasteiger partial charge on any atom is 0.264 e. The number of halogens is 1. The first-order valence-corrected chi connectivity index (χ1v) is 9.25. The molecule has 30 heavy (non-hydrogen) atoms. The largest absolute Gasteiger partial charge is 0.484 e. The highest BCUT2D eigenvalue weighted by Crippen LogP contribution is 2.28. The van der Waals surface area contributed by atoms with Gasteiger partial charge in [-0.05, 0) is 55.5 Å². The average molecular weight is 407 g/mol. The molecule has 0 atom stereocenters. The van der Waals surface area contributed by atoms with E-state index in [0.29, 0.717) is 23.9 Å². The van der Waals surface area contributed by atoms with Crippen molar-refractivity contribution in [2.75, 3.05) is 18.5 Å². The first-order chi connectivity index (χ1) is 14.6. The number of ether oxygens (including phenoxy) is 2. The van der Waals surface area contributed by atoms with Crippen LogP contribution in [0.5, 0.6) is 11.6 Å². The number of anilines is 1. The van der Waals surface area contributed by atoms with Gasteiger partial charge in [0.1, 0.15) is 11.6 Å². The molecule has 9 heteroatoms. The molecule has 0 aliphatic rings. The standard InChI is InChI=1S/C21H18FN5O3/c1-2-29-20-17(4-3-11-23-20)14-5-10-18-24-21(26-27(18)12-14)25-19(28)13-30-16-8-6-15(22)7-9-16/h3-12H,2,13H2,1H3,(H,25,26,28). The van der Waals surface area contributed by atoms with Gasteiger partial charge in [-0.3, -0.25) is 10.1 Å². The third-order valence-corrected chi connectivity index (χ3v) is 4.13. The van der Waals surface area contributed by atoms with Gasteiger partial charge in [0, 0.05) is 23.5 Å². The molecule has 0 aliphatic heterocycles.